The van der Waals surface area contributed by atoms with Gasteiger partial charge in [-0.3, -0.25) is 9.88 Å². The Balaban J connectivity index is 1.33. The normalized spacial score (nSPS) is 23.3. The van der Waals surface area contributed by atoms with Gasteiger partial charge in [0, 0.05) is 50.7 Å². The van der Waals surface area contributed by atoms with E-state index < -0.39 is 0 Å². The van der Waals surface area contributed by atoms with E-state index in [2.05, 4.69) is 44.6 Å². The molecular weight excluding hydrogens is 302 g/mol. The van der Waals surface area contributed by atoms with Crippen molar-refractivity contribution >= 4 is 6.03 Å². The summed E-state index contributed by atoms with van der Waals surface area (Å²) in [5.74, 6) is 0. The van der Waals surface area contributed by atoms with Gasteiger partial charge in [0.1, 0.15) is 0 Å². The van der Waals surface area contributed by atoms with Crippen LogP contribution in [0.15, 0.2) is 24.5 Å². The van der Waals surface area contributed by atoms with Crippen molar-refractivity contribution in [3.63, 3.8) is 0 Å². The summed E-state index contributed by atoms with van der Waals surface area (Å²) in [6.07, 6.45) is 8.14. The van der Waals surface area contributed by atoms with Crippen molar-refractivity contribution in [3.8, 4) is 0 Å². The van der Waals surface area contributed by atoms with E-state index in [9.17, 15) is 4.79 Å². The number of carbonyl (C=O) groups is 1. The summed E-state index contributed by atoms with van der Waals surface area (Å²) in [4.78, 5) is 20.9. The van der Waals surface area contributed by atoms with Crippen LogP contribution in [0.3, 0.4) is 0 Å². The maximum Gasteiger partial charge on any atom is 0.315 e. The van der Waals surface area contributed by atoms with Crippen LogP contribution in [0, 0.1) is 0 Å². The van der Waals surface area contributed by atoms with Crippen LogP contribution in [0.5, 0.6) is 0 Å². The Hall–Kier alpha value is -1.66. The molecule has 2 amide bonds. The molecule has 0 bridgehead atoms. The van der Waals surface area contributed by atoms with Crippen LogP contribution in [0.1, 0.15) is 31.2 Å². The first-order valence-corrected chi connectivity index (χ1v) is 9.06. The van der Waals surface area contributed by atoms with Crippen molar-refractivity contribution in [1.82, 2.24) is 25.4 Å². The van der Waals surface area contributed by atoms with Crippen LogP contribution in [0.25, 0.3) is 0 Å². The van der Waals surface area contributed by atoms with Crippen LogP contribution in [0.4, 0.5) is 4.79 Å². The number of rotatable bonds is 5. The summed E-state index contributed by atoms with van der Waals surface area (Å²) < 4.78 is 0. The lowest BCUT2D eigenvalue weighted by Crippen LogP contribution is -2.49. The van der Waals surface area contributed by atoms with E-state index in [0.29, 0.717) is 12.1 Å². The Bertz CT molecular complexity index is 515. The van der Waals surface area contributed by atoms with Crippen LogP contribution < -0.4 is 10.6 Å². The standard InChI is InChI=1S/C18H29N5O/c1-22-10-2-3-17(22)13-20-18(24)21-16-6-11-23(12-7-16)14-15-4-8-19-9-5-15/h4-5,8-9,16-17H,2-3,6-7,10-14H2,1H3,(H2,20,21,24). The maximum atomic E-state index is 12.1. The smallest absolute Gasteiger partial charge is 0.315 e. The molecule has 3 heterocycles. The fourth-order valence-electron chi connectivity index (χ4n) is 3.67. The average molecular weight is 331 g/mol. The molecule has 6 heteroatoms. The molecule has 0 spiro atoms. The van der Waals surface area contributed by atoms with Crippen LogP contribution in [0.2, 0.25) is 0 Å². The lowest BCUT2D eigenvalue weighted by Gasteiger charge is -2.32. The number of piperidine rings is 1. The number of pyridine rings is 1. The molecule has 0 saturated carbocycles. The molecule has 1 unspecified atom stereocenters. The zero-order valence-corrected chi connectivity index (χ0v) is 14.6. The number of hydrogen-bond acceptors (Lipinski definition) is 4. The van der Waals surface area contributed by atoms with Crippen molar-refractivity contribution in [2.24, 2.45) is 0 Å². The molecule has 1 aromatic heterocycles. The van der Waals surface area contributed by atoms with Crippen LogP contribution in [-0.2, 0) is 6.54 Å². The van der Waals surface area contributed by atoms with Gasteiger partial charge in [-0.2, -0.15) is 0 Å². The first-order valence-electron chi connectivity index (χ1n) is 9.06. The molecule has 2 N–H and O–H groups in total. The van der Waals surface area contributed by atoms with Gasteiger partial charge in [-0.25, -0.2) is 4.79 Å². The lowest BCUT2D eigenvalue weighted by atomic mass is 10.0. The first kappa shape index (κ1) is 17.2. The Kier molecular flexibility index (Phi) is 6.04. The predicted octanol–water partition coefficient (Wildman–Crippen LogP) is 1.44. The number of carbonyl (C=O) groups excluding carboxylic acids is 1. The summed E-state index contributed by atoms with van der Waals surface area (Å²) in [6.45, 7) is 4.92. The van der Waals surface area contributed by atoms with Gasteiger partial charge in [0.25, 0.3) is 0 Å². The molecule has 0 aliphatic carbocycles. The molecular formula is C18H29N5O. The first-order chi connectivity index (χ1) is 11.7. The number of likely N-dealkylation sites (N-methyl/N-ethyl adjacent to an activating group) is 1. The van der Waals surface area contributed by atoms with Crippen molar-refractivity contribution in [2.75, 3.05) is 33.2 Å². The predicted molar refractivity (Wildman–Crippen MR) is 94.7 cm³/mol. The number of aromatic nitrogens is 1. The molecule has 2 aliphatic rings. The van der Waals surface area contributed by atoms with Gasteiger partial charge in [0.15, 0.2) is 0 Å². The van der Waals surface area contributed by atoms with Crippen LogP contribution in [-0.4, -0.2) is 66.1 Å². The summed E-state index contributed by atoms with van der Waals surface area (Å²) in [6, 6.07) is 4.91. The average Bonchev–Trinajstić information content (AvgIpc) is 3.01. The topological polar surface area (TPSA) is 60.5 Å². The molecule has 2 saturated heterocycles. The minimum absolute atomic E-state index is 0.0112. The molecule has 0 radical (unpaired) electrons. The number of urea groups is 1. The highest BCUT2D eigenvalue weighted by molar-refractivity contribution is 5.74. The molecule has 1 aromatic rings. The Morgan fingerprint density at radius 2 is 1.96 bits per heavy atom. The minimum atomic E-state index is -0.0112. The maximum absolute atomic E-state index is 12.1. The summed E-state index contributed by atoms with van der Waals surface area (Å²) in [5.41, 5.74) is 1.30. The van der Waals surface area contributed by atoms with Crippen LogP contribution >= 0.6 is 0 Å². The monoisotopic (exact) mass is 331 g/mol. The van der Waals surface area contributed by atoms with Crippen molar-refractivity contribution in [3.05, 3.63) is 30.1 Å². The van der Waals surface area contributed by atoms with Gasteiger partial charge in [-0.1, -0.05) is 0 Å². The third-order valence-electron chi connectivity index (χ3n) is 5.25. The number of nitrogens with one attached hydrogen (secondary N) is 2. The lowest BCUT2D eigenvalue weighted by molar-refractivity contribution is 0.185. The van der Waals surface area contributed by atoms with E-state index >= 15 is 0 Å². The van der Waals surface area contributed by atoms with Crippen molar-refractivity contribution in [2.45, 2.75) is 44.3 Å². The highest BCUT2D eigenvalue weighted by Gasteiger charge is 2.23. The van der Waals surface area contributed by atoms with E-state index in [4.69, 9.17) is 0 Å². The number of nitrogens with zero attached hydrogens (tertiary/aromatic N) is 3. The highest BCUT2D eigenvalue weighted by atomic mass is 16.2. The molecule has 2 fully saturated rings. The second-order valence-corrected chi connectivity index (χ2v) is 7.04. The zero-order valence-electron chi connectivity index (χ0n) is 14.6. The van der Waals surface area contributed by atoms with Gasteiger partial charge in [-0.15, -0.1) is 0 Å². The molecule has 6 nitrogen and oxygen atoms in total. The number of likely N-dealkylation sites (tertiary alicyclic amines) is 2. The van der Waals surface area contributed by atoms with E-state index in [-0.39, 0.29) is 6.03 Å². The van der Waals surface area contributed by atoms with Gasteiger partial charge in [0.2, 0.25) is 0 Å². The molecule has 132 valence electrons. The zero-order chi connectivity index (χ0) is 16.8. The van der Waals surface area contributed by atoms with E-state index in [1.807, 2.05) is 12.4 Å². The molecule has 24 heavy (non-hydrogen) atoms. The van der Waals surface area contributed by atoms with Gasteiger partial charge in [-0.05, 0) is 57.0 Å². The quantitative estimate of drug-likeness (QED) is 0.857. The van der Waals surface area contributed by atoms with E-state index in [1.54, 1.807) is 0 Å². The fraction of sp³-hybridized carbons (Fsp3) is 0.667. The van der Waals surface area contributed by atoms with Gasteiger partial charge in [0.05, 0.1) is 0 Å². The number of amides is 2. The minimum Gasteiger partial charge on any atom is -0.337 e. The molecule has 3 rings (SSSR count). The second-order valence-electron chi connectivity index (χ2n) is 7.04. The Morgan fingerprint density at radius 3 is 2.62 bits per heavy atom. The molecule has 2 aliphatic heterocycles. The van der Waals surface area contributed by atoms with Crippen molar-refractivity contribution in [1.29, 1.82) is 0 Å². The van der Waals surface area contributed by atoms with E-state index in [1.165, 1.54) is 18.4 Å². The Labute approximate surface area is 144 Å². The third kappa shape index (κ3) is 4.92. The summed E-state index contributed by atoms with van der Waals surface area (Å²) in [7, 11) is 2.13. The molecule has 0 aromatic carbocycles. The fourth-order valence-corrected chi connectivity index (χ4v) is 3.67. The van der Waals surface area contributed by atoms with Crippen molar-refractivity contribution < 1.29 is 4.79 Å². The highest BCUT2D eigenvalue weighted by Crippen LogP contribution is 2.14. The Morgan fingerprint density at radius 1 is 1.21 bits per heavy atom. The van der Waals surface area contributed by atoms with E-state index in [0.717, 1.165) is 45.6 Å². The number of hydrogen-bond donors (Lipinski definition) is 2. The largest absolute Gasteiger partial charge is 0.337 e. The molecule has 1 atom stereocenters. The second kappa shape index (κ2) is 8.44. The SMILES string of the molecule is CN1CCCC1CNC(=O)NC1CCN(Cc2ccncc2)CC1. The third-order valence-corrected chi connectivity index (χ3v) is 5.25. The van der Waals surface area contributed by atoms with Gasteiger partial charge >= 0.3 is 6.03 Å². The summed E-state index contributed by atoms with van der Waals surface area (Å²) >= 11 is 0. The van der Waals surface area contributed by atoms with Gasteiger partial charge < -0.3 is 15.5 Å². The summed E-state index contributed by atoms with van der Waals surface area (Å²) in [5, 5.41) is 6.18.